The minimum Gasteiger partial charge on any atom is -0.406 e. The molecule has 5 rings (SSSR count). The number of ether oxygens (including phenoxy) is 1. The van der Waals surface area contributed by atoms with Crippen molar-refractivity contribution in [1.29, 1.82) is 0 Å². The summed E-state index contributed by atoms with van der Waals surface area (Å²) in [6, 6.07) is 19.0. The zero-order valence-corrected chi connectivity index (χ0v) is 27.8. The molecule has 1 aromatic heterocycles. The summed E-state index contributed by atoms with van der Waals surface area (Å²) in [5, 5.41) is 8.39. The van der Waals surface area contributed by atoms with Crippen molar-refractivity contribution >= 4 is 41.2 Å². The SMILES string of the molecule is Cc1ccc(C(C)C)c(N2C(=O)CS/C2=N\C(S)NC(C)CC#Cc2ccc(-c3ncn(-c4ccc(OC(F)(F)F)cc4)n3)cc2)c1. The van der Waals surface area contributed by atoms with Crippen molar-refractivity contribution in [2.24, 2.45) is 4.99 Å². The van der Waals surface area contributed by atoms with Crippen LogP contribution in [-0.4, -0.2) is 49.5 Å². The molecular weight excluding hydrogens is 646 g/mol. The predicted octanol–water partition coefficient (Wildman–Crippen LogP) is 7.33. The van der Waals surface area contributed by atoms with Crippen molar-refractivity contribution in [1.82, 2.24) is 20.1 Å². The predicted molar refractivity (Wildman–Crippen MR) is 183 cm³/mol. The largest absolute Gasteiger partial charge is 0.573 e. The normalized spacial score (nSPS) is 15.6. The Morgan fingerprint density at radius 3 is 2.49 bits per heavy atom. The van der Waals surface area contributed by atoms with Gasteiger partial charge >= 0.3 is 6.36 Å². The Morgan fingerprint density at radius 1 is 1.09 bits per heavy atom. The highest BCUT2D eigenvalue weighted by Gasteiger charge is 2.32. The number of aryl methyl sites for hydroxylation is 1. The van der Waals surface area contributed by atoms with Crippen LogP contribution in [0, 0.1) is 18.8 Å². The van der Waals surface area contributed by atoms with Crippen LogP contribution in [0.2, 0.25) is 0 Å². The van der Waals surface area contributed by atoms with Crippen molar-refractivity contribution in [3.8, 4) is 34.7 Å². The number of hydrogen-bond donors (Lipinski definition) is 2. The first kappa shape index (κ1) is 34.1. The van der Waals surface area contributed by atoms with Gasteiger partial charge < -0.3 is 4.74 Å². The highest BCUT2D eigenvalue weighted by molar-refractivity contribution is 8.15. The molecule has 3 aromatic carbocycles. The lowest BCUT2D eigenvalue weighted by molar-refractivity contribution is -0.274. The van der Waals surface area contributed by atoms with Gasteiger partial charge in [-0.1, -0.05) is 49.6 Å². The van der Waals surface area contributed by atoms with Crippen molar-refractivity contribution in [2.75, 3.05) is 10.7 Å². The molecule has 1 amide bonds. The maximum atomic E-state index is 12.9. The standard InChI is InChI=1S/C34H33F3N6O2S2/c1-21(2)28-17-8-22(3)18-29(28)43-30(44)19-47-33(43)40-32(46)39-23(4)6-5-7-24-9-11-25(12-10-24)31-38-20-42(41-31)26-13-15-27(16-14-26)45-34(35,36)37/h8-18,20-21,23,32,39,46H,6,19H2,1-4H3/b40-33-. The second kappa shape index (κ2) is 14.7. The van der Waals surface area contributed by atoms with Gasteiger partial charge in [0.05, 0.1) is 17.1 Å². The second-order valence-corrected chi connectivity index (χ2v) is 12.7. The number of anilines is 1. The van der Waals surface area contributed by atoms with Crippen molar-refractivity contribution in [3.63, 3.8) is 0 Å². The summed E-state index contributed by atoms with van der Waals surface area (Å²) in [5.74, 6) is 7.10. The van der Waals surface area contributed by atoms with Gasteiger partial charge in [-0.3, -0.25) is 15.0 Å². The van der Waals surface area contributed by atoms with E-state index >= 15 is 0 Å². The van der Waals surface area contributed by atoms with Crippen LogP contribution < -0.4 is 15.0 Å². The van der Waals surface area contributed by atoms with E-state index in [1.807, 2.05) is 44.2 Å². The number of hydrogen-bond acceptors (Lipinski definition) is 8. The molecule has 2 atom stereocenters. The van der Waals surface area contributed by atoms with Crippen molar-refractivity contribution in [2.45, 2.75) is 57.9 Å². The molecule has 13 heteroatoms. The fraction of sp³-hybridized carbons (Fsp3) is 0.294. The Bertz CT molecular complexity index is 1810. The number of carbonyl (C=O) groups is 1. The fourth-order valence-corrected chi connectivity index (χ4v) is 6.15. The number of rotatable bonds is 9. The molecule has 2 unspecified atom stereocenters. The number of benzene rings is 3. The number of alkyl halides is 3. The van der Waals surface area contributed by atoms with E-state index in [0.29, 0.717) is 28.9 Å². The van der Waals surface area contributed by atoms with Crippen molar-refractivity contribution in [3.05, 3.63) is 89.7 Å². The van der Waals surface area contributed by atoms with E-state index < -0.39 is 11.9 Å². The summed E-state index contributed by atoms with van der Waals surface area (Å²) in [6.45, 7) is 8.24. The molecule has 1 N–H and O–H groups in total. The molecule has 0 bridgehead atoms. The Hall–Kier alpha value is -4.25. The van der Waals surface area contributed by atoms with E-state index in [0.717, 1.165) is 27.9 Å². The first-order valence-electron chi connectivity index (χ1n) is 14.8. The minimum absolute atomic E-state index is 0.00370. The summed E-state index contributed by atoms with van der Waals surface area (Å²) in [4.78, 5) is 23.6. The summed E-state index contributed by atoms with van der Waals surface area (Å²) < 4.78 is 42.6. The number of thioether (sulfide) groups is 1. The van der Waals surface area contributed by atoms with E-state index in [1.165, 1.54) is 47.0 Å². The molecule has 1 aliphatic rings. The number of nitrogens with zero attached hydrogens (tertiary/aromatic N) is 5. The molecule has 1 saturated heterocycles. The van der Waals surface area contributed by atoms with Gasteiger partial charge in [0.25, 0.3) is 0 Å². The van der Waals surface area contributed by atoms with E-state index in [-0.39, 0.29) is 23.6 Å². The van der Waals surface area contributed by atoms with Gasteiger partial charge in [-0.05, 0) is 85.5 Å². The third kappa shape index (κ3) is 8.97. The first-order valence-corrected chi connectivity index (χ1v) is 16.3. The number of aromatic nitrogens is 3. The van der Waals surface area contributed by atoms with Crippen LogP contribution in [0.3, 0.4) is 0 Å². The summed E-state index contributed by atoms with van der Waals surface area (Å²) in [7, 11) is 0. The van der Waals surface area contributed by atoms with Crippen LogP contribution in [-0.2, 0) is 4.79 Å². The topological polar surface area (TPSA) is 84.6 Å². The third-order valence-corrected chi connectivity index (χ3v) is 8.29. The molecule has 8 nitrogen and oxygen atoms in total. The average Bonchev–Trinajstić information content (AvgIpc) is 3.64. The minimum atomic E-state index is -4.75. The van der Waals surface area contributed by atoms with Crippen LogP contribution in [0.1, 0.15) is 49.8 Å². The second-order valence-electron chi connectivity index (χ2n) is 11.2. The average molecular weight is 679 g/mol. The van der Waals surface area contributed by atoms with Crippen LogP contribution in [0.25, 0.3) is 17.1 Å². The number of thiol groups is 1. The van der Waals surface area contributed by atoms with Crippen LogP contribution in [0.4, 0.5) is 18.9 Å². The quantitative estimate of drug-likeness (QED) is 0.110. The maximum Gasteiger partial charge on any atom is 0.573 e. The number of aliphatic imine (C=N–C) groups is 1. The molecule has 2 heterocycles. The molecule has 1 aliphatic heterocycles. The monoisotopic (exact) mass is 678 g/mol. The molecule has 1 fully saturated rings. The van der Waals surface area contributed by atoms with E-state index in [9.17, 15) is 18.0 Å². The van der Waals surface area contributed by atoms with Crippen molar-refractivity contribution < 1.29 is 22.7 Å². The van der Waals surface area contributed by atoms with Gasteiger partial charge in [-0.2, -0.15) is 0 Å². The van der Waals surface area contributed by atoms with E-state index in [1.54, 1.807) is 4.90 Å². The third-order valence-electron chi connectivity index (χ3n) is 7.09. The smallest absolute Gasteiger partial charge is 0.406 e. The van der Waals surface area contributed by atoms with Gasteiger partial charge in [0.2, 0.25) is 5.91 Å². The van der Waals surface area contributed by atoms with Crippen LogP contribution >= 0.6 is 24.4 Å². The number of amidine groups is 1. The van der Waals surface area contributed by atoms with Gasteiger partial charge in [0, 0.05) is 23.6 Å². The van der Waals surface area contributed by atoms with Gasteiger partial charge in [-0.15, -0.1) is 30.9 Å². The zero-order chi connectivity index (χ0) is 33.7. The van der Waals surface area contributed by atoms with Gasteiger partial charge in [0.15, 0.2) is 11.0 Å². The Balaban J connectivity index is 1.17. The number of halogens is 3. The summed E-state index contributed by atoms with van der Waals surface area (Å²) in [6.07, 6.45) is -2.71. The molecule has 244 valence electrons. The Labute approximate surface area is 281 Å². The molecule has 0 saturated carbocycles. The van der Waals surface area contributed by atoms with E-state index in [2.05, 4.69) is 70.6 Å². The first-order chi connectivity index (χ1) is 22.4. The Morgan fingerprint density at radius 2 is 1.81 bits per heavy atom. The Kier molecular flexibility index (Phi) is 10.6. The molecule has 4 aromatic rings. The highest BCUT2D eigenvalue weighted by atomic mass is 32.2. The van der Waals surface area contributed by atoms with E-state index in [4.69, 9.17) is 4.99 Å². The zero-order valence-electron chi connectivity index (χ0n) is 26.1. The lowest BCUT2D eigenvalue weighted by Gasteiger charge is -2.23. The molecular formula is C34H33F3N6O2S2. The number of amides is 1. The maximum absolute atomic E-state index is 12.9. The number of carbonyl (C=O) groups excluding carboxylic acids is 1. The molecule has 0 spiro atoms. The fourth-order valence-electron chi connectivity index (χ4n) is 4.81. The number of nitrogens with one attached hydrogen (secondary N) is 1. The van der Waals surface area contributed by atoms with Crippen LogP contribution in [0.5, 0.6) is 5.75 Å². The molecule has 47 heavy (non-hydrogen) atoms. The lowest BCUT2D eigenvalue weighted by atomic mass is 9.99. The molecule has 0 aliphatic carbocycles. The summed E-state index contributed by atoms with van der Waals surface area (Å²) in [5.41, 5.74) is 4.65. The van der Waals surface area contributed by atoms with Gasteiger partial charge in [-0.25, -0.2) is 14.7 Å². The molecule has 0 radical (unpaired) electrons. The lowest BCUT2D eigenvalue weighted by Crippen LogP contribution is -2.35. The highest BCUT2D eigenvalue weighted by Crippen LogP contribution is 2.34. The van der Waals surface area contributed by atoms with Crippen LogP contribution in [0.15, 0.2) is 78.0 Å². The van der Waals surface area contributed by atoms with Gasteiger partial charge in [0.1, 0.15) is 17.6 Å². The summed E-state index contributed by atoms with van der Waals surface area (Å²) >= 11 is 6.05.